The molecule has 0 radical (unpaired) electrons. The van der Waals surface area contributed by atoms with E-state index in [0.717, 1.165) is 37.7 Å². The van der Waals surface area contributed by atoms with Gasteiger partial charge in [0, 0.05) is 40.3 Å². The van der Waals surface area contributed by atoms with Gasteiger partial charge >= 0.3 is 0 Å². The molecule has 0 fully saturated rings. The Morgan fingerprint density at radius 1 is 1.15 bits per heavy atom. The summed E-state index contributed by atoms with van der Waals surface area (Å²) in [6.07, 6.45) is 0. The van der Waals surface area contributed by atoms with Crippen molar-refractivity contribution in [3.63, 3.8) is 0 Å². The Morgan fingerprint density at radius 3 is 2.20 bits per heavy atom. The fourth-order valence-electron chi connectivity index (χ4n) is 2.61. The molecule has 0 bridgehead atoms. The number of hydrogen-bond acceptors (Lipinski definition) is 5. The van der Waals surface area contributed by atoms with Crippen molar-refractivity contribution in [3.05, 3.63) is 5.82 Å². The van der Waals surface area contributed by atoms with E-state index in [0.29, 0.717) is 5.69 Å². The van der Waals surface area contributed by atoms with E-state index in [-0.39, 0.29) is 11.7 Å². The van der Waals surface area contributed by atoms with E-state index in [9.17, 15) is 4.39 Å². The summed E-state index contributed by atoms with van der Waals surface area (Å²) < 4.78 is 19.7. The molecule has 0 saturated heterocycles. The molecule has 6 heteroatoms. The van der Waals surface area contributed by atoms with Gasteiger partial charge in [0.05, 0.1) is 7.11 Å². The smallest absolute Gasteiger partial charge is 0.254 e. The first kappa shape index (κ1) is 14.7. The van der Waals surface area contributed by atoms with Crippen molar-refractivity contribution in [2.24, 2.45) is 0 Å². The van der Waals surface area contributed by atoms with E-state index in [1.165, 1.54) is 7.11 Å². The van der Waals surface area contributed by atoms with E-state index < -0.39 is 0 Å². The second-order valence-electron chi connectivity index (χ2n) is 4.97. The summed E-state index contributed by atoms with van der Waals surface area (Å²) in [6.45, 7) is 7.42. The van der Waals surface area contributed by atoms with Crippen LogP contribution in [0.5, 0.6) is 5.88 Å². The van der Waals surface area contributed by atoms with Crippen LogP contribution in [0.3, 0.4) is 0 Å². The molecule has 0 amide bonds. The molecule has 1 aliphatic rings. The summed E-state index contributed by atoms with van der Waals surface area (Å²) in [7, 11) is 5.34. The third-order valence-corrected chi connectivity index (χ3v) is 3.83. The number of likely N-dealkylation sites (N-methyl/N-ethyl adjacent to an activating group) is 2. The van der Waals surface area contributed by atoms with E-state index in [1.807, 2.05) is 19.0 Å². The van der Waals surface area contributed by atoms with Gasteiger partial charge in [-0.3, -0.25) is 0 Å². The summed E-state index contributed by atoms with van der Waals surface area (Å²) in [6, 6.07) is 0. The molecule has 1 aromatic heterocycles. The molecule has 5 nitrogen and oxygen atoms in total. The maximum Gasteiger partial charge on any atom is 0.254 e. The number of anilines is 3. The molecular formula is C14H23FN4O. The number of halogens is 1. The first-order valence-electron chi connectivity index (χ1n) is 6.99. The molecule has 0 atom stereocenters. The topological polar surface area (TPSA) is 31.8 Å². The lowest BCUT2D eigenvalue weighted by molar-refractivity contribution is 0.369. The molecule has 1 aliphatic heterocycles. The van der Waals surface area contributed by atoms with Gasteiger partial charge in [-0.25, -0.2) is 0 Å². The van der Waals surface area contributed by atoms with Crippen LogP contribution >= 0.6 is 0 Å². The van der Waals surface area contributed by atoms with Gasteiger partial charge in [-0.05, 0) is 13.8 Å². The number of methoxy groups -OCH3 is 1. The standard InChI is InChI=1S/C14H23FN4O/c1-6-19(7-2)13-12-11(10(15)14(16-13)20-5)17(3)8-9-18(12)4/h6-9H2,1-5H3. The molecule has 0 aromatic carbocycles. The average molecular weight is 282 g/mol. The van der Waals surface area contributed by atoms with Crippen LogP contribution in [0.15, 0.2) is 0 Å². The zero-order valence-corrected chi connectivity index (χ0v) is 12.9. The Balaban J connectivity index is 2.70. The molecule has 0 aliphatic carbocycles. The minimum Gasteiger partial charge on any atom is -0.479 e. The van der Waals surface area contributed by atoms with E-state index in [4.69, 9.17) is 4.74 Å². The molecule has 112 valence electrons. The molecule has 2 heterocycles. The average Bonchev–Trinajstić information content (AvgIpc) is 2.45. The van der Waals surface area contributed by atoms with Crippen molar-refractivity contribution in [1.82, 2.24) is 4.98 Å². The van der Waals surface area contributed by atoms with Crippen LogP contribution in [0.4, 0.5) is 21.6 Å². The number of hydrogen-bond donors (Lipinski definition) is 0. The van der Waals surface area contributed by atoms with Crippen molar-refractivity contribution < 1.29 is 9.13 Å². The van der Waals surface area contributed by atoms with Crippen molar-refractivity contribution in [2.45, 2.75) is 13.8 Å². The first-order chi connectivity index (χ1) is 9.54. The SMILES string of the molecule is CCN(CC)c1nc(OC)c(F)c2c1N(C)CCN2C. The van der Waals surface area contributed by atoms with Gasteiger partial charge in [-0.1, -0.05) is 0 Å². The van der Waals surface area contributed by atoms with Gasteiger partial charge in [0.2, 0.25) is 5.82 Å². The van der Waals surface area contributed by atoms with Crippen LogP contribution in [0.2, 0.25) is 0 Å². The number of fused-ring (bicyclic) bond motifs is 1. The first-order valence-corrected chi connectivity index (χ1v) is 6.99. The molecule has 20 heavy (non-hydrogen) atoms. The zero-order valence-electron chi connectivity index (χ0n) is 12.9. The van der Waals surface area contributed by atoms with Crippen molar-refractivity contribution in [3.8, 4) is 5.88 Å². The maximum atomic E-state index is 14.6. The number of aromatic nitrogens is 1. The van der Waals surface area contributed by atoms with Crippen LogP contribution in [-0.4, -0.2) is 52.4 Å². The summed E-state index contributed by atoms with van der Waals surface area (Å²) >= 11 is 0. The van der Waals surface area contributed by atoms with Crippen LogP contribution in [-0.2, 0) is 0 Å². The Kier molecular flexibility index (Phi) is 4.20. The maximum absolute atomic E-state index is 14.6. The second kappa shape index (κ2) is 5.73. The second-order valence-corrected chi connectivity index (χ2v) is 4.97. The van der Waals surface area contributed by atoms with E-state index >= 15 is 0 Å². The summed E-state index contributed by atoms with van der Waals surface area (Å²) in [4.78, 5) is 10.5. The van der Waals surface area contributed by atoms with Crippen LogP contribution < -0.4 is 19.4 Å². The van der Waals surface area contributed by atoms with Crippen LogP contribution in [0, 0.1) is 5.82 Å². The van der Waals surface area contributed by atoms with Crippen molar-refractivity contribution in [1.29, 1.82) is 0 Å². The minimum absolute atomic E-state index is 0.0628. The predicted octanol–water partition coefficient (Wildman–Crippen LogP) is 1.96. The Hall–Kier alpha value is -1.72. The van der Waals surface area contributed by atoms with Gasteiger partial charge in [0.1, 0.15) is 11.4 Å². The Labute approximate surface area is 119 Å². The number of rotatable bonds is 4. The molecule has 1 aromatic rings. The third kappa shape index (κ3) is 2.23. The Bertz CT molecular complexity index is 491. The molecular weight excluding hydrogens is 259 g/mol. The number of ether oxygens (including phenoxy) is 1. The van der Waals surface area contributed by atoms with Gasteiger partial charge in [-0.2, -0.15) is 9.37 Å². The molecule has 0 spiro atoms. The highest BCUT2D eigenvalue weighted by Crippen LogP contribution is 2.43. The normalized spacial score (nSPS) is 14.3. The molecule has 0 N–H and O–H groups in total. The highest BCUT2D eigenvalue weighted by atomic mass is 19.1. The van der Waals surface area contributed by atoms with Crippen LogP contribution in [0.25, 0.3) is 0 Å². The summed E-state index contributed by atoms with van der Waals surface area (Å²) in [5.74, 6) is 0.470. The summed E-state index contributed by atoms with van der Waals surface area (Å²) in [5, 5.41) is 0. The number of nitrogens with zero attached hydrogens (tertiary/aromatic N) is 4. The van der Waals surface area contributed by atoms with E-state index in [2.05, 4.69) is 28.6 Å². The Morgan fingerprint density at radius 2 is 1.70 bits per heavy atom. The molecule has 2 rings (SSSR count). The summed E-state index contributed by atoms with van der Waals surface area (Å²) in [5.41, 5.74) is 1.42. The molecule has 0 unspecified atom stereocenters. The van der Waals surface area contributed by atoms with Gasteiger partial charge in [0.25, 0.3) is 5.88 Å². The monoisotopic (exact) mass is 282 g/mol. The largest absolute Gasteiger partial charge is 0.479 e. The fourth-order valence-corrected chi connectivity index (χ4v) is 2.61. The lowest BCUT2D eigenvalue weighted by Crippen LogP contribution is -2.39. The van der Waals surface area contributed by atoms with Gasteiger partial charge < -0.3 is 19.4 Å². The highest BCUT2D eigenvalue weighted by molar-refractivity contribution is 5.85. The lowest BCUT2D eigenvalue weighted by Gasteiger charge is -2.38. The van der Waals surface area contributed by atoms with Crippen molar-refractivity contribution in [2.75, 3.05) is 62.1 Å². The highest BCUT2D eigenvalue weighted by Gasteiger charge is 2.30. The number of pyridine rings is 1. The van der Waals surface area contributed by atoms with Gasteiger partial charge in [0.15, 0.2) is 5.82 Å². The van der Waals surface area contributed by atoms with Gasteiger partial charge in [-0.15, -0.1) is 0 Å². The predicted molar refractivity (Wildman–Crippen MR) is 80.8 cm³/mol. The zero-order chi connectivity index (χ0) is 14.9. The van der Waals surface area contributed by atoms with E-state index in [1.54, 1.807) is 0 Å². The van der Waals surface area contributed by atoms with Crippen LogP contribution in [0.1, 0.15) is 13.8 Å². The fraction of sp³-hybridized carbons (Fsp3) is 0.643. The van der Waals surface area contributed by atoms with Crippen molar-refractivity contribution >= 4 is 17.2 Å². The lowest BCUT2D eigenvalue weighted by atomic mass is 10.2. The molecule has 0 saturated carbocycles. The quantitative estimate of drug-likeness (QED) is 0.843. The minimum atomic E-state index is -0.382. The third-order valence-electron chi connectivity index (χ3n) is 3.83.